The highest BCUT2D eigenvalue weighted by molar-refractivity contribution is 5.92. The van der Waals surface area contributed by atoms with Crippen LogP contribution in [0.4, 0.5) is 0 Å². The van der Waals surface area contributed by atoms with Crippen molar-refractivity contribution in [3.63, 3.8) is 0 Å². The van der Waals surface area contributed by atoms with Crippen LogP contribution in [-0.2, 0) is 4.79 Å². The van der Waals surface area contributed by atoms with E-state index in [4.69, 9.17) is 0 Å². The molecular weight excluding hydrogens is 224 g/mol. The Labute approximate surface area is 111 Å². The summed E-state index contributed by atoms with van der Waals surface area (Å²) < 4.78 is 0. The molecule has 1 aliphatic heterocycles. The summed E-state index contributed by atoms with van der Waals surface area (Å²) in [6, 6.07) is 0.379. The van der Waals surface area contributed by atoms with Gasteiger partial charge in [0.05, 0.1) is 11.7 Å². The van der Waals surface area contributed by atoms with Gasteiger partial charge in [0.15, 0.2) is 0 Å². The zero-order valence-electron chi connectivity index (χ0n) is 12.3. The fourth-order valence-electron chi connectivity index (χ4n) is 3.03. The van der Waals surface area contributed by atoms with E-state index in [0.717, 1.165) is 38.0 Å². The predicted octanol–water partition coefficient (Wildman–Crippen LogP) is 2.90. The maximum Gasteiger partial charge on any atom is 0.244 e. The van der Waals surface area contributed by atoms with Crippen LogP contribution in [0.3, 0.4) is 0 Å². The lowest BCUT2D eigenvalue weighted by Gasteiger charge is -2.30. The number of nitrogens with zero attached hydrogens (tertiary/aromatic N) is 1. The molecule has 1 amide bonds. The first-order valence-corrected chi connectivity index (χ1v) is 7.60. The molecule has 1 saturated heterocycles. The summed E-state index contributed by atoms with van der Waals surface area (Å²) in [6.07, 6.45) is 6.91. The van der Waals surface area contributed by atoms with Crippen LogP contribution in [0.15, 0.2) is 0 Å². The monoisotopic (exact) mass is 252 g/mol. The molecule has 2 fully saturated rings. The molecule has 104 valence electrons. The van der Waals surface area contributed by atoms with Crippen LogP contribution in [-0.4, -0.2) is 28.6 Å². The fourth-order valence-corrected chi connectivity index (χ4v) is 3.03. The molecular formula is C15H28N2O. The van der Waals surface area contributed by atoms with Crippen molar-refractivity contribution in [1.29, 1.82) is 0 Å². The highest BCUT2D eigenvalue weighted by atomic mass is 16.2. The number of carbonyl (C=O) groups excluding carboxylic acids is 1. The van der Waals surface area contributed by atoms with Gasteiger partial charge in [0.2, 0.25) is 5.91 Å². The normalized spacial score (nSPS) is 27.3. The van der Waals surface area contributed by atoms with Gasteiger partial charge in [-0.25, -0.2) is 0 Å². The van der Waals surface area contributed by atoms with E-state index in [1.165, 1.54) is 6.42 Å². The van der Waals surface area contributed by atoms with E-state index in [1.54, 1.807) is 0 Å². The lowest BCUT2D eigenvalue weighted by molar-refractivity contribution is -0.133. The molecule has 0 aromatic rings. The second-order valence-corrected chi connectivity index (χ2v) is 6.56. The second kappa shape index (κ2) is 5.20. The van der Waals surface area contributed by atoms with Crippen molar-refractivity contribution in [3.05, 3.63) is 0 Å². The van der Waals surface area contributed by atoms with Crippen molar-refractivity contribution in [2.75, 3.05) is 0 Å². The molecule has 0 bridgehead atoms. The number of hydrogen-bond donors (Lipinski definition) is 1. The molecule has 0 radical (unpaired) electrons. The molecule has 2 atom stereocenters. The van der Waals surface area contributed by atoms with E-state index in [-0.39, 0.29) is 11.7 Å². The molecule has 0 aromatic carbocycles. The lowest BCUT2D eigenvalue weighted by Crippen LogP contribution is -2.43. The molecule has 1 N–H and O–H groups in total. The van der Waals surface area contributed by atoms with Crippen LogP contribution in [0.5, 0.6) is 0 Å². The Morgan fingerprint density at radius 2 is 2.00 bits per heavy atom. The van der Waals surface area contributed by atoms with E-state index in [9.17, 15) is 4.79 Å². The van der Waals surface area contributed by atoms with Gasteiger partial charge in [0.1, 0.15) is 0 Å². The fraction of sp³-hybridized carbons (Fsp3) is 0.933. The van der Waals surface area contributed by atoms with E-state index < -0.39 is 0 Å². The molecule has 2 unspecified atom stereocenters. The van der Waals surface area contributed by atoms with Crippen LogP contribution in [0, 0.1) is 5.92 Å². The smallest absolute Gasteiger partial charge is 0.244 e. The molecule has 1 spiro atoms. The quantitative estimate of drug-likeness (QED) is 0.788. The Bertz CT molecular complexity index is 310. The number of hydrogen-bond acceptors (Lipinski definition) is 2. The summed E-state index contributed by atoms with van der Waals surface area (Å²) in [7, 11) is 0. The molecule has 1 saturated carbocycles. The zero-order valence-corrected chi connectivity index (χ0v) is 12.3. The van der Waals surface area contributed by atoms with Crippen molar-refractivity contribution in [2.45, 2.75) is 84.0 Å². The summed E-state index contributed by atoms with van der Waals surface area (Å²) in [5.41, 5.74) is -0.147. The van der Waals surface area contributed by atoms with E-state index in [1.807, 2.05) is 0 Å². The molecule has 2 aliphatic rings. The molecule has 2 rings (SSSR count). The Balaban J connectivity index is 2.00. The standard InChI is InChI=1S/C15H28N2O/c1-5-6-13-16-15(9-10-15)14(18)17(13)12(4)8-7-11(2)3/h11-13,16H,5-10H2,1-4H3. The third-order valence-corrected chi connectivity index (χ3v) is 4.37. The van der Waals surface area contributed by atoms with Gasteiger partial charge in [0.25, 0.3) is 0 Å². The maximum atomic E-state index is 12.5. The summed E-state index contributed by atoms with van der Waals surface area (Å²) in [6.45, 7) is 8.92. The van der Waals surface area contributed by atoms with Gasteiger partial charge >= 0.3 is 0 Å². The van der Waals surface area contributed by atoms with Crippen molar-refractivity contribution in [1.82, 2.24) is 10.2 Å². The van der Waals surface area contributed by atoms with Crippen LogP contribution < -0.4 is 5.32 Å². The van der Waals surface area contributed by atoms with Crippen molar-refractivity contribution in [3.8, 4) is 0 Å². The summed E-state index contributed by atoms with van der Waals surface area (Å²) in [5.74, 6) is 1.09. The van der Waals surface area contributed by atoms with Crippen LogP contribution in [0.25, 0.3) is 0 Å². The molecule has 0 aromatic heterocycles. The number of amides is 1. The average molecular weight is 252 g/mol. The highest BCUT2D eigenvalue weighted by Gasteiger charge is 2.59. The third-order valence-electron chi connectivity index (χ3n) is 4.37. The molecule has 1 heterocycles. The first kappa shape index (κ1) is 13.9. The molecule has 18 heavy (non-hydrogen) atoms. The number of rotatable bonds is 6. The van der Waals surface area contributed by atoms with Gasteiger partial charge in [-0.2, -0.15) is 0 Å². The van der Waals surface area contributed by atoms with Gasteiger partial charge in [-0.1, -0.05) is 27.2 Å². The number of carbonyl (C=O) groups is 1. The SMILES string of the molecule is CCCC1NC2(CC2)C(=O)N1C(C)CCC(C)C. The molecule has 1 aliphatic carbocycles. The van der Waals surface area contributed by atoms with Crippen molar-refractivity contribution in [2.24, 2.45) is 5.92 Å². The van der Waals surface area contributed by atoms with E-state index in [2.05, 4.69) is 37.9 Å². The minimum atomic E-state index is -0.147. The first-order chi connectivity index (χ1) is 8.50. The van der Waals surface area contributed by atoms with Gasteiger partial charge in [-0.15, -0.1) is 0 Å². The average Bonchev–Trinajstić information content (AvgIpc) is 3.02. The Morgan fingerprint density at radius 3 is 2.50 bits per heavy atom. The second-order valence-electron chi connectivity index (χ2n) is 6.56. The third kappa shape index (κ3) is 2.56. The summed E-state index contributed by atoms with van der Waals surface area (Å²) in [5, 5.41) is 3.59. The summed E-state index contributed by atoms with van der Waals surface area (Å²) in [4.78, 5) is 14.7. The van der Waals surface area contributed by atoms with Crippen LogP contribution >= 0.6 is 0 Å². The van der Waals surface area contributed by atoms with E-state index >= 15 is 0 Å². The van der Waals surface area contributed by atoms with Gasteiger partial charge in [-0.3, -0.25) is 10.1 Å². The van der Waals surface area contributed by atoms with Crippen LogP contribution in [0.1, 0.15) is 66.2 Å². The van der Waals surface area contributed by atoms with Gasteiger partial charge < -0.3 is 4.90 Å². The van der Waals surface area contributed by atoms with Gasteiger partial charge in [-0.05, 0) is 44.9 Å². The number of nitrogens with one attached hydrogen (secondary N) is 1. The minimum absolute atomic E-state index is 0.147. The largest absolute Gasteiger partial charge is 0.323 e. The van der Waals surface area contributed by atoms with Crippen LogP contribution in [0.2, 0.25) is 0 Å². The Morgan fingerprint density at radius 1 is 1.33 bits per heavy atom. The van der Waals surface area contributed by atoms with E-state index in [0.29, 0.717) is 11.9 Å². The minimum Gasteiger partial charge on any atom is -0.323 e. The summed E-state index contributed by atoms with van der Waals surface area (Å²) >= 11 is 0. The topological polar surface area (TPSA) is 32.3 Å². The predicted molar refractivity (Wildman–Crippen MR) is 74.2 cm³/mol. The molecule has 3 nitrogen and oxygen atoms in total. The van der Waals surface area contributed by atoms with Gasteiger partial charge in [0, 0.05) is 6.04 Å². The zero-order chi connectivity index (χ0) is 13.3. The molecule has 3 heteroatoms. The van der Waals surface area contributed by atoms with Crippen molar-refractivity contribution < 1.29 is 4.79 Å². The maximum absolute atomic E-state index is 12.5. The first-order valence-electron chi connectivity index (χ1n) is 7.60. The van der Waals surface area contributed by atoms with Crippen molar-refractivity contribution >= 4 is 5.91 Å². The Kier molecular flexibility index (Phi) is 4.00. The Hall–Kier alpha value is -0.570. The highest BCUT2D eigenvalue weighted by Crippen LogP contribution is 2.43. The lowest BCUT2D eigenvalue weighted by atomic mass is 10.0.